The predicted octanol–water partition coefficient (Wildman–Crippen LogP) is 0.681. The summed E-state index contributed by atoms with van der Waals surface area (Å²) in [4.78, 5) is 3.83. The van der Waals surface area contributed by atoms with Crippen LogP contribution in [0.15, 0.2) is 29.4 Å². The molecule has 0 aliphatic heterocycles. The van der Waals surface area contributed by atoms with Gasteiger partial charge in [0.25, 0.3) is 15.2 Å². The smallest absolute Gasteiger partial charge is 0.248 e. The summed E-state index contributed by atoms with van der Waals surface area (Å²) >= 11 is 0. The molecule has 0 unspecified atom stereocenters. The fourth-order valence-corrected chi connectivity index (χ4v) is 1.78. The molecule has 6 nitrogen and oxygen atoms in total. The lowest BCUT2D eigenvalue weighted by atomic mass is 10.1. The van der Waals surface area contributed by atoms with Crippen molar-refractivity contribution in [1.82, 2.24) is 15.2 Å². The van der Waals surface area contributed by atoms with Gasteiger partial charge in [0.1, 0.15) is 0 Å². The van der Waals surface area contributed by atoms with Crippen molar-refractivity contribution in [2.75, 3.05) is 0 Å². The quantitative estimate of drug-likeness (QED) is 0.838. The van der Waals surface area contributed by atoms with E-state index < -0.39 is 10.0 Å². The highest BCUT2D eigenvalue weighted by Gasteiger charge is 2.14. The number of aromatic amines is 1. The van der Waals surface area contributed by atoms with Crippen molar-refractivity contribution in [3.63, 3.8) is 0 Å². The standard InChI is InChI=1S/C10H12N4O2S/c1-2-7-3-5-8(6-4-7)9-12-10(14-13-9)17(11,15)16/h3-6H,2H2,1H3,(H2,11,15,16)(H,12,13,14). The van der Waals surface area contributed by atoms with E-state index in [9.17, 15) is 8.42 Å². The molecular formula is C10H12N4O2S. The Balaban J connectivity index is 2.37. The van der Waals surface area contributed by atoms with Crippen LogP contribution in [-0.2, 0) is 16.4 Å². The van der Waals surface area contributed by atoms with Crippen molar-refractivity contribution in [3.05, 3.63) is 29.8 Å². The van der Waals surface area contributed by atoms with Gasteiger partial charge in [-0.05, 0) is 12.0 Å². The Labute approximate surface area is 98.9 Å². The molecule has 0 fully saturated rings. The molecule has 1 aromatic carbocycles. The molecule has 2 rings (SSSR count). The molecule has 0 aliphatic carbocycles. The van der Waals surface area contributed by atoms with E-state index in [-0.39, 0.29) is 5.16 Å². The number of sulfonamides is 1. The number of nitrogens with one attached hydrogen (secondary N) is 1. The van der Waals surface area contributed by atoms with Crippen molar-refractivity contribution in [3.8, 4) is 11.4 Å². The summed E-state index contributed by atoms with van der Waals surface area (Å²) in [5.74, 6) is 0.316. The van der Waals surface area contributed by atoms with Gasteiger partial charge in [0.2, 0.25) is 0 Å². The Morgan fingerprint density at radius 2 is 1.94 bits per heavy atom. The second-order valence-corrected chi connectivity index (χ2v) is 5.04. The maximum Gasteiger partial charge on any atom is 0.273 e. The van der Waals surface area contributed by atoms with Gasteiger partial charge in [0.05, 0.1) is 0 Å². The average Bonchev–Trinajstić information content (AvgIpc) is 2.78. The Hall–Kier alpha value is -1.73. The normalized spacial score (nSPS) is 11.6. The monoisotopic (exact) mass is 252 g/mol. The molecule has 0 spiro atoms. The Morgan fingerprint density at radius 3 is 2.41 bits per heavy atom. The number of primary sulfonamides is 1. The van der Waals surface area contributed by atoms with Crippen LogP contribution in [0.25, 0.3) is 11.4 Å². The van der Waals surface area contributed by atoms with Crippen molar-refractivity contribution >= 4 is 10.0 Å². The van der Waals surface area contributed by atoms with Gasteiger partial charge in [0.15, 0.2) is 5.82 Å². The molecule has 0 saturated carbocycles. The van der Waals surface area contributed by atoms with E-state index >= 15 is 0 Å². The summed E-state index contributed by atoms with van der Waals surface area (Å²) in [5.41, 5.74) is 1.93. The van der Waals surface area contributed by atoms with Crippen LogP contribution in [0.4, 0.5) is 0 Å². The van der Waals surface area contributed by atoms with E-state index in [0.29, 0.717) is 5.82 Å². The average molecular weight is 252 g/mol. The molecule has 90 valence electrons. The molecule has 2 aromatic rings. The van der Waals surface area contributed by atoms with Crippen molar-refractivity contribution in [1.29, 1.82) is 0 Å². The zero-order valence-electron chi connectivity index (χ0n) is 9.21. The zero-order valence-corrected chi connectivity index (χ0v) is 10.0. The zero-order chi connectivity index (χ0) is 12.5. The lowest BCUT2D eigenvalue weighted by Gasteiger charge is -1.97. The van der Waals surface area contributed by atoms with Crippen LogP contribution in [0.1, 0.15) is 12.5 Å². The lowest BCUT2D eigenvalue weighted by Crippen LogP contribution is -2.13. The van der Waals surface area contributed by atoms with Crippen LogP contribution in [-0.4, -0.2) is 23.6 Å². The minimum absolute atomic E-state index is 0.316. The summed E-state index contributed by atoms with van der Waals surface area (Å²) in [6.45, 7) is 2.06. The first-order chi connectivity index (χ1) is 8.00. The molecule has 1 aromatic heterocycles. The van der Waals surface area contributed by atoms with Crippen molar-refractivity contribution < 1.29 is 8.42 Å². The summed E-state index contributed by atoms with van der Waals surface area (Å²) < 4.78 is 22.0. The van der Waals surface area contributed by atoms with E-state index in [1.165, 1.54) is 5.56 Å². The number of aryl methyl sites for hydroxylation is 1. The number of aromatic nitrogens is 3. The number of H-pyrrole nitrogens is 1. The van der Waals surface area contributed by atoms with Gasteiger partial charge < -0.3 is 0 Å². The molecule has 7 heteroatoms. The molecule has 0 amide bonds. The highest BCUT2D eigenvalue weighted by molar-refractivity contribution is 7.89. The summed E-state index contributed by atoms with van der Waals surface area (Å²) in [6, 6.07) is 7.58. The van der Waals surface area contributed by atoms with Crippen molar-refractivity contribution in [2.24, 2.45) is 5.14 Å². The van der Waals surface area contributed by atoms with E-state index in [4.69, 9.17) is 5.14 Å². The first-order valence-electron chi connectivity index (χ1n) is 5.05. The highest BCUT2D eigenvalue weighted by Crippen LogP contribution is 2.16. The van der Waals surface area contributed by atoms with Crippen LogP contribution in [0, 0.1) is 0 Å². The maximum absolute atomic E-state index is 11.0. The maximum atomic E-state index is 11.0. The number of hydrogen-bond donors (Lipinski definition) is 2. The van der Waals surface area contributed by atoms with Crippen molar-refractivity contribution in [2.45, 2.75) is 18.5 Å². The Morgan fingerprint density at radius 1 is 1.29 bits per heavy atom. The Kier molecular flexibility index (Phi) is 2.95. The van der Waals surface area contributed by atoms with Gasteiger partial charge in [-0.15, -0.1) is 0 Å². The number of nitrogens with two attached hydrogens (primary N) is 1. The number of nitrogens with zero attached hydrogens (tertiary/aromatic N) is 2. The third kappa shape index (κ3) is 2.51. The minimum atomic E-state index is -3.83. The molecule has 0 aliphatic rings. The van der Waals surface area contributed by atoms with Gasteiger partial charge in [-0.25, -0.2) is 18.7 Å². The summed E-state index contributed by atoms with van der Waals surface area (Å²) in [5, 5.41) is 10.7. The first-order valence-corrected chi connectivity index (χ1v) is 6.60. The van der Waals surface area contributed by atoms with Crippen LogP contribution in [0.5, 0.6) is 0 Å². The van der Waals surface area contributed by atoms with E-state index in [0.717, 1.165) is 12.0 Å². The van der Waals surface area contributed by atoms with Crippen LogP contribution >= 0.6 is 0 Å². The number of benzene rings is 1. The fraction of sp³-hybridized carbons (Fsp3) is 0.200. The first kappa shape index (κ1) is 11.7. The third-order valence-corrected chi connectivity index (χ3v) is 3.08. The molecule has 0 atom stereocenters. The summed E-state index contributed by atoms with van der Waals surface area (Å²) in [6.07, 6.45) is 0.941. The minimum Gasteiger partial charge on any atom is -0.248 e. The SMILES string of the molecule is CCc1ccc(-c2n[nH]c(S(N)(=O)=O)n2)cc1. The van der Waals surface area contributed by atoms with Gasteiger partial charge >= 0.3 is 0 Å². The van der Waals surface area contributed by atoms with Crippen LogP contribution in [0.3, 0.4) is 0 Å². The van der Waals surface area contributed by atoms with E-state index in [1.807, 2.05) is 24.3 Å². The largest absolute Gasteiger partial charge is 0.273 e. The lowest BCUT2D eigenvalue weighted by molar-refractivity contribution is 0.589. The topological polar surface area (TPSA) is 102 Å². The summed E-state index contributed by atoms with van der Waals surface area (Å²) in [7, 11) is -3.83. The molecule has 0 saturated heterocycles. The number of rotatable bonds is 3. The van der Waals surface area contributed by atoms with Gasteiger partial charge in [0, 0.05) is 5.56 Å². The second kappa shape index (κ2) is 4.27. The van der Waals surface area contributed by atoms with Gasteiger partial charge in [-0.3, -0.25) is 0 Å². The van der Waals surface area contributed by atoms with E-state index in [2.05, 4.69) is 22.1 Å². The Bertz CT molecular complexity index is 616. The molecule has 0 bridgehead atoms. The second-order valence-electron chi connectivity index (χ2n) is 3.56. The molecule has 3 N–H and O–H groups in total. The molecular weight excluding hydrogens is 240 g/mol. The fourth-order valence-electron chi connectivity index (χ4n) is 1.39. The van der Waals surface area contributed by atoms with Crippen LogP contribution in [0.2, 0.25) is 0 Å². The van der Waals surface area contributed by atoms with E-state index in [1.54, 1.807) is 0 Å². The predicted molar refractivity (Wildman–Crippen MR) is 62.6 cm³/mol. The number of hydrogen-bond acceptors (Lipinski definition) is 4. The van der Waals surface area contributed by atoms with Gasteiger partial charge in [-0.2, -0.15) is 10.1 Å². The molecule has 1 heterocycles. The van der Waals surface area contributed by atoms with Gasteiger partial charge in [-0.1, -0.05) is 31.2 Å². The molecule has 0 radical (unpaired) electrons. The van der Waals surface area contributed by atoms with Crippen LogP contribution < -0.4 is 5.14 Å². The molecule has 17 heavy (non-hydrogen) atoms. The highest BCUT2D eigenvalue weighted by atomic mass is 32.2. The third-order valence-electron chi connectivity index (χ3n) is 2.35.